The van der Waals surface area contributed by atoms with Gasteiger partial charge in [-0.05, 0) is 46.9 Å². The number of hydrogen-bond acceptors (Lipinski definition) is 6. The van der Waals surface area contributed by atoms with Crippen molar-refractivity contribution < 1.29 is 9.53 Å². The molecule has 0 aliphatic carbocycles. The van der Waals surface area contributed by atoms with Crippen molar-refractivity contribution in [3.63, 3.8) is 0 Å². The van der Waals surface area contributed by atoms with Gasteiger partial charge in [0.2, 0.25) is 5.91 Å². The van der Waals surface area contributed by atoms with Crippen LogP contribution in [0.1, 0.15) is 34.0 Å². The first-order valence-electron chi connectivity index (χ1n) is 11.2. The lowest BCUT2D eigenvalue weighted by atomic mass is 10.1. The number of likely N-dealkylation sites (N-methyl/N-ethyl adjacent to an activating group) is 1. The molecule has 1 aromatic heterocycles. The second kappa shape index (κ2) is 9.67. The zero-order valence-corrected chi connectivity index (χ0v) is 20.0. The number of benzene rings is 1. The predicted molar refractivity (Wildman–Crippen MR) is 125 cm³/mol. The summed E-state index contributed by atoms with van der Waals surface area (Å²) in [4.78, 5) is 25.7. The Bertz CT molecular complexity index is 913. The molecule has 6 nitrogen and oxygen atoms in total. The highest BCUT2D eigenvalue weighted by Crippen LogP contribution is 2.28. The number of amides is 1. The number of rotatable bonds is 6. The zero-order chi connectivity index (χ0) is 22.0. The van der Waals surface area contributed by atoms with Gasteiger partial charge in [-0.1, -0.05) is 18.2 Å². The summed E-state index contributed by atoms with van der Waals surface area (Å²) in [7, 11) is 4.22. The number of hydrogen-bond donors (Lipinski definition) is 0. The first kappa shape index (κ1) is 22.2. The standard InChI is InChI=1S/C24H34N4O2S/c1-17-23(31-18(2)25-17)12-24(29)28-11-7-9-20(28)15-27-13-19-8-5-6-10-22(19)30-16-21(27)14-26(3)4/h5-6,8,10,20-21H,7,9,11-16H2,1-4H3. The number of nitrogens with zero attached hydrogens (tertiary/aromatic N) is 4. The third-order valence-corrected chi connectivity index (χ3v) is 7.40. The minimum atomic E-state index is 0.241. The molecule has 2 atom stereocenters. The molecule has 1 saturated heterocycles. The Morgan fingerprint density at radius 3 is 2.81 bits per heavy atom. The lowest BCUT2D eigenvalue weighted by Crippen LogP contribution is -2.50. The fraction of sp³-hybridized carbons (Fsp3) is 0.583. The van der Waals surface area contributed by atoms with Gasteiger partial charge >= 0.3 is 0 Å². The van der Waals surface area contributed by atoms with Crippen LogP contribution in [0.3, 0.4) is 0 Å². The number of fused-ring (bicyclic) bond motifs is 1. The van der Waals surface area contributed by atoms with Crippen molar-refractivity contribution >= 4 is 17.2 Å². The summed E-state index contributed by atoms with van der Waals surface area (Å²) in [6, 6.07) is 8.90. The van der Waals surface area contributed by atoms with Crippen molar-refractivity contribution in [2.75, 3.05) is 40.3 Å². The number of carbonyl (C=O) groups is 1. The average Bonchev–Trinajstić information content (AvgIpc) is 3.26. The molecular weight excluding hydrogens is 408 g/mol. The van der Waals surface area contributed by atoms with Crippen LogP contribution in [0, 0.1) is 13.8 Å². The molecule has 3 heterocycles. The van der Waals surface area contributed by atoms with Crippen molar-refractivity contribution in [3.05, 3.63) is 45.4 Å². The number of likely N-dealkylation sites (tertiary alicyclic amines) is 1. The van der Waals surface area contributed by atoms with E-state index in [1.54, 1.807) is 11.3 Å². The highest BCUT2D eigenvalue weighted by atomic mass is 32.1. The summed E-state index contributed by atoms with van der Waals surface area (Å²) < 4.78 is 6.17. The van der Waals surface area contributed by atoms with Gasteiger partial charge in [0, 0.05) is 42.7 Å². The van der Waals surface area contributed by atoms with E-state index < -0.39 is 0 Å². The lowest BCUT2D eigenvalue weighted by molar-refractivity contribution is -0.131. The normalized spacial score (nSPS) is 21.8. The van der Waals surface area contributed by atoms with E-state index in [1.807, 2.05) is 19.9 Å². The van der Waals surface area contributed by atoms with E-state index in [9.17, 15) is 4.79 Å². The van der Waals surface area contributed by atoms with Gasteiger partial charge in [0.05, 0.1) is 23.2 Å². The minimum Gasteiger partial charge on any atom is -0.492 e. The molecule has 0 saturated carbocycles. The Morgan fingerprint density at radius 1 is 1.26 bits per heavy atom. The van der Waals surface area contributed by atoms with Gasteiger partial charge in [-0.3, -0.25) is 9.69 Å². The van der Waals surface area contributed by atoms with Crippen LogP contribution in [-0.2, 0) is 17.8 Å². The van der Waals surface area contributed by atoms with E-state index >= 15 is 0 Å². The number of thiazole rings is 1. The molecule has 168 valence electrons. The Morgan fingerprint density at radius 2 is 2.06 bits per heavy atom. The molecule has 4 rings (SSSR count). The maximum Gasteiger partial charge on any atom is 0.228 e. The second-order valence-corrected chi connectivity index (χ2v) is 10.4. The van der Waals surface area contributed by atoms with Crippen LogP contribution in [-0.4, -0.2) is 78.0 Å². The lowest BCUT2D eigenvalue weighted by Gasteiger charge is -2.35. The van der Waals surface area contributed by atoms with Gasteiger partial charge in [-0.2, -0.15) is 0 Å². The number of para-hydroxylation sites is 1. The minimum absolute atomic E-state index is 0.241. The van der Waals surface area contributed by atoms with E-state index in [-0.39, 0.29) is 11.9 Å². The molecule has 7 heteroatoms. The summed E-state index contributed by atoms with van der Waals surface area (Å²) in [5.41, 5.74) is 2.23. The first-order valence-corrected chi connectivity index (χ1v) is 12.0. The van der Waals surface area contributed by atoms with Gasteiger partial charge in [-0.15, -0.1) is 11.3 Å². The van der Waals surface area contributed by atoms with E-state index in [4.69, 9.17) is 4.74 Å². The van der Waals surface area contributed by atoms with Crippen LogP contribution in [0.15, 0.2) is 24.3 Å². The first-order chi connectivity index (χ1) is 14.9. The molecule has 0 bridgehead atoms. The largest absolute Gasteiger partial charge is 0.492 e. The molecule has 0 radical (unpaired) electrons. The van der Waals surface area contributed by atoms with Crippen LogP contribution in [0.5, 0.6) is 5.75 Å². The molecule has 1 fully saturated rings. The molecule has 2 unspecified atom stereocenters. The summed E-state index contributed by atoms with van der Waals surface area (Å²) in [5.74, 6) is 1.23. The molecule has 2 aromatic rings. The molecular formula is C24H34N4O2S. The SMILES string of the molecule is Cc1nc(C)c(CC(=O)N2CCCC2CN2Cc3ccccc3OCC2CN(C)C)s1. The van der Waals surface area contributed by atoms with Crippen molar-refractivity contribution in [1.82, 2.24) is 19.7 Å². The Hall–Kier alpha value is -1.96. The van der Waals surface area contributed by atoms with E-state index in [2.05, 4.69) is 52.0 Å². The van der Waals surface area contributed by atoms with Crippen LogP contribution in [0.4, 0.5) is 0 Å². The fourth-order valence-electron chi connectivity index (χ4n) is 4.82. The second-order valence-electron chi connectivity index (χ2n) is 9.07. The third-order valence-electron chi connectivity index (χ3n) is 6.32. The summed E-state index contributed by atoms with van der Waals surface area (Å²) in [6.07, 6.45) is 2.62. The van der Waals surface area contributed by atoms with Crippen molar-refractivity contribution in [1.29, 1.82) is 0 Å². The quantitative estimate of drug-likeness (QED) is 0.688. The molecule has 31 heavy (non-hydrogen) atoms. The van der Waals surface area contributed by atoms with Crippen LogP contribution in [0.25, 0.3) is 0 Å². The van der Waals surface area contributed by atoms with E-state index in [1.165, 1.54) is 5.56 Å². The van der Waals surface area contributed by atoms with Gasteiger partial charge in [-0.25, -0.2) is 4.98 Å². The highest BCUT2D eigenvalue weighted by molar-refractivity contribution is 7.11. The van der Waals surface area contributed by atoms with Crippen LogP contribution >= 0.6 is 11.3 Å². The average molecular weight is 443 g/mol. The van der Waals surface area contributed by atoms with Gasteiger partial charge in [0.25, 0.3) is 0 Å². The van der Waals surface area contributed by atoms with Gasteiger partial charge < -0.3 is 14.5 Å². The Labute approximate surface area is 189 Å². The zero-order valence-electron chi connectivity index (χ0n) is 19.1. The maximum atomic E-state index is 13.2. The van der Waals surface area contributed by atoms with E-state index in [0.717, 1.165) is 60.3 Å². The van der Waals surface area contributed by atoms with Gasteiger partial charge in [0.1, 0.15) is 12.4 Å². The fourth-order valence-corrected chi connectivity index (χ4v) is 5.75. The monoisotopic (exact) mass is 442 g/mol. The number of aromatic nitrogens is 1. The Balaban J connectivity index is 1.49. The molecule has 0 spiro atoms. The van der Waals surface area contributed by atoms with Crippen molar-refractivity contribution in [2.45, 2.75) is 51.7 Å². The molecule has 1 amide bonds. The topological polar surface area (TPSA) is 48.9 Å². The third kappa shape index (κ3) is 5.27. The highest BCUT2D eigenvalue weighted by Gasteiger charge is 2.34. The summed E-state index contributed by atoms with van der Waals surface area (Å²) in [5, 5.41) is 1.04. The van der Waals surface area contributed by atoms with Crippen LogP contribution < -0.4 is 4.74 Å². The molecule has 2 aliphatic rings. The number of aryl methyl sites for hydroxylation is 2. The van der Waals surface area contributed by atoms with E-state index in [0.29, 0.717) is 19.1 Å². The summed E-state index contributed by atoms with van der Waals surface area (Å²) >= 11 is 1.65. The van der Waals surface area contributed by atoms with Crippen molar-refractivity contribution in [2.24, 2.45) is 0 Å². The Kier molecular flexibility index (Phi) is 6.94. The van der Waals surface area contributed by atoms with Crippen LogP contribution in [0.2, 0.25) is 0 Å². The van der Waals surface area contributed by atoms with Crippen molar-refractivity contribution in [3.8, 4) is 5.75 Å². The smallest absolute Gasteiger partial charge is 0.228 e. The number of carbonyl (C=O) groups excluding carboxylic acids is 1. The molecule has 2 aliphatic heterocycles. The summed E-state index contributed by atoms with van der Waals surface area (Å²) in [6.45, 7) is 8.24. The number of ether oxygens (including phenoxy) is 1. The molecule has 1 aromatic carbocycles. The maximum absolute atomic E-state index is 13.2. The van der Waals surface area contributed by atoms with Gasteiger partial charge in [0.15, 0.2) is 0 Å². The molecule has 0 N–H and O–H groups in total. The predicted octanol–water partition coefficient (Wildman–Crippen LogP) is 3.12.